The summed E-state index contributed by atoms with van der Waals surface area (Å²) in [5.74, 6) is 0. The SMILES string of the molecule is CCCC(S(N)(=O)=O)S(=O)(=O)c1ccc(Br)c(N)c1. The van der Waals surface area contributed by atoms with Crippen molar-refractivity contribution in [1.29, 1.82) is 0 Å². The molecular weight excluding hydrogens is 356 g/mol. The molecule has 0 saturated heterocycles. The fourth-order valence-corrected chi connectivity index (χ4v) is 5.54. The molecule has 19 heavy (non-hydrogen) atoms. The summed E-state index contributed by atoms with van der Waals surface area (Å²) in [7, 11) is -8.27. The number of nitrogen functional groups attached to an aromatic ring is 1. The zero-order valence-electron chi connectivity index (χ0n) is 10.2. The summed E-state index contributed by atoms with van der Waals surface area (Å²) >= 11 is 3.14. The molecular formula is C10H15BrN2O4S2. The largest absolute Gasteiger partial charge is 0.398 e. The van der Waals surface area contributed by atoms with Crippen LogP contribution in [0.3, 0.4) is 0 Å². The fourth-order valence-electron chi connectivity index (χ4n) is 1.58. The van der Waals surface area contributed by atoms with Gasteiger partial charge in [-0.3, -0.25) is 0 Å². The van der Waals surface area contributed by atoms with Crippen molar-refractivity contribution >= 4 is 41.5 Å². The van der Waals surface area contributed by atoms with Gasteiger partial charge in [-0.05, 0) is 40.5 Å². The Morgan fingerprint density at radius 3 is 2.26 bits per heavy atom. The average molecular weight is 371 g/mol. The predicted octanol–water partition coefficient (Wildman–Crippen LogP) is 1.22. The van der Waals surface area contributed by atoms with E-state index in [-0.39, 0.29) is 17.0 Å². The number of rotatable bonds is 5. The van der Waals surface area contributed by atoms with Gasteiger partial charge in [0, 0.05) is 10.2 Å². The Morgan fingerprint density at radius 2 is 1.84 bits per heavy atom. The number of hydrogen-bond donors (Lipinski definition) is 2. The number of hydrogen-bond acceptors (Lipinski definition) is 5. The van der Waals surface area contributed by atoms with Crippen LogP contribution >= 0.6 is 15.9 Å². The normalized spacial score (nSPS) is 14.3. The van der Waals surface area contributed by atoms with Gasteiger partial charge in [-0.1, -0.05) is 13.3 Å². The summed E-state index contributed by atoms with van der Waals surface area (Å²) in [6, 6.07) is 3.96. The lowest BCUT2D eigenvalue weighted by Gasteiger charge is -2.15. The molecule has 108 valence electrons. The van der Waals surface area contributed by atoms with Crippen LogP contribution in [0.25, 0.3) is 0 Å². The highest BCUT2D eigenvalue weighted by atomic mass is 79.9. The lowest BCUT2D eigenvalue weighted by atomic mass is 10.3. The molecule has 0 fully saturated rings. The van der Waals surface area contributed by atoms with Gasteiger partial charge < -0.3 is 5.73 Å². The van der Waals surface area contributed by atoms with Gasteiger partial charge in [-0.25, -0.2) is 22.0 Å². The number of benzene rings is 1. The molecule has 0 aromatic heterocycles. The minimum atomic E-state index is -4.20. The van der Waals surface area contributed by atoms with Gasteiger partial charge in [0.25, 0.3) is 0 Å². The average Bonchev–Trinajstić information content (AvgIpc) is 2.27. The second kappa shape index (κ2) is 5.78. The maximum absolute atomic E-state index is 12.3. The first-order valence-corrected chi connectivity index (χ1v) is 9.36. The van der Waals surface area contributed by atoms with E-state index < -0.39 is 24.4 Å². The van der Waals surface area contributed by atoms with E-state index in [0.717, 1.165) is 0 Å². The Bertz CT molecular complexity index is 671. The highest BCUT2D eigenvalue weighted by Gasteiger charge is 2.36. The lowest BCUT2D eigenvalue weighted by Crippen LogP contribution is -2.35. The summed E-state index contributed by atoms with van der Waals surface area (Å²) in [5, 5.41) is 5.01. The summed E-state index contributed by atoms with van der Waals surface area (Å²) in [6.45, 7) is 1.68. The van der Waals surface area contributed by atoms with Crippen molar-refractivity contribution in [2.75, 3.05) is 5.73 Å². The van der Waals surface area contributed by atoms with Crippen LogP contribution < -0.4 is 10.9 Å². The van der Waals surface area contributed by atoms with Crippen molar-refractivity contribution in [3.05, 3.63) is 22.7 Å². The molecule has 0 bridgehead atoms. The quantitative estimate of drug-likeness (QED) is 0.754. The lowest BCUT2D eigenvalue weighted by molar-refractivity contribution is 0.568. The Labute approximate surface area is 121 Å². The van der Waals surface area contributed by atoms with Gasteiger partial charge in [0.15, 0.2) is 14.4 Å². The van der Waals surface area contributed by atoms with Crippen molar-refractivity contribution in [3.8, 4) is 0 Å². The van der Waals surface area contributed by atoms with E-state index in [1.54, 1.807) is 6.92 Å². The van der Waals surface area contributed by atoms with E-state index in [1.165, 1.54) is 18.2 Å². The second-order valence-corrected chi connectivity index (χ2v) is 9.07. The van der Waals surface area contributed by atoms with Gasteiger partial charge in [0.2, 0.25) is 10.0 Å². The maximum atomic E-state index is 12.3. The fraction of sp³-hybridized carbons (Fsp3) is 0.400. The van der Waals surface area contributed by atoms with Crippen molar-refractivity contribution in [3.63, 3.8) is 0 Å². The van der Waals surface area contributed by atoms with Gasteiger partial charge in [0.05, 0.1) is 4.90 Å². The summed E-state index contributed by atoms with van der Waals surface area (Å²) in [4.78, 5) is -0.152. The van der Waals surface area contributed by atoms with Crippen LogP contribution in [0.4, 0.5) is 5.69 Å². The molecule has 4 N–H and O–H groups in total. The van der Waals surface area contributed by atoms with Crippen LogP contribution in [-0.4, -0.2) is 21.4 Å². The van der Waals surface area contributed by atoms with Crippen LogP contribution in [0, 0.1) is 0 Å². The third-order valence-corrected chi connectivity index (χ3v) is 7.63. The van der Waals surface area contributed by atoms with Crippen molar-refractivity contribution in [2.45, 2.75) is 29.2 Å². The number of halogens is 1. The number of anilines is 1. The molecule has 0 spiro atoms. The minimum absolute atomic E-state index is 0.0584. The van der Waals surface area contributed by atoms with Crippen LogP contribution in [0.5, 0.6) is 0 Å². The van der Waals surface area contributed by atoms with Gasteiger partial charge in [0.1, 0.15) is 0 Å². The molecule has 1 unspecified atom stereocenters. The van der Waals surface area contributed by atoms with Crippen LogP contribution in [-0.2, 0) is 19.9 Å². The predicted molar refractivity (Wildman–Crippen MR) is 77.5 cm³/mol. The van der Waals surface area contributed by atoms with Crippen molar-refractivity contribution < 1.29 is 16.8 Å². The monoisotopic (exact) mass is 370 g/mol. The molecule has 0 amide bonds. The molecule has 1 aromatic carbocycles. The molecule has 1 rings (SSSR count). The first-order chi connectivity index (χ1) is 8.60. The van der Waals surface area contributed by atoms with Crippen LogP contribution in [0.15, 0.2) is 27.6 Å². The molecule has 0 saturated carbocycles. The Kier molecular flexibility index (Phi) is 4.99. The smallest absolute Gasteiger partial charge is 0.226 e. The standard InChI is InChI=1S/C10H15BrN2O4S2/c1-2-3-10(19(13,16)17)18(14,15)7-4-5-8(11)9(12)6-7/h4-6,10H,2-3,12H2,1H3,(H2,13,16,17). The van der Waals surface area contributed by atoms with Gasteiger partial charge in [-0.15, -0.1) is 0 Å². The van der Waals surface area contributed by atoms with E-state index >= 15 is 0 Å². The topological polar surface area (TPSA) is 120 Å². The summed E-state index contributed by atoms with van der Waals surface area (Å²) in [5.41, 5.74) is 5.82. The number of nitrogens with two attached hydrogens (primary N) is 2. The number of sulfonamides is 1. The maximum Gasteiger partial charge on any atom is 0.226 e. The molecule has 1 aromatic rings. The van der Waals surface area contributed by atoms with E-state index in [4.69, 9.17) is 10.9 Å². The highest BCUT2D eigenvalue weighted by Crippen LogP contribution is 2.27. The first-order valence-electron chi connectivity index (χ1n) is 5.41. The van der Waals surface area contributed by atoms with E-state index in [0.29, 0.717) is 10.9 Å². The van der Waals surface area contributed by atoms with E-state index in [9.17, 15) is 16.8 Å². The molecule has 0 heterocycles. The highest BCUT2D eigenvalue weighted by molar-refractivity contribution is 9.10. The molecule has 0 aliphatic heterocycles. The zero-order chi connectivity index (χ0) is 14.8. The molecule has 1 atom stereocenters. The molecule has 6 nitrogen and oxygen atoms in total. The van der Waals surface area contributed by atoms with Crippen molar-refractivity contribution in [2.24, 2.45) is 5.14 Å². The number of primary sulfonamides is 1. The van der Waals surface area contributed by atoms with E-state index in [2.05, 4.69) is 15.9 Å². The summed E-state index contributed by atoms with van der Waals surface area (Å²) in [6.07, 6.45) is 0.323. The molecule has 0 aliphatic carbocycles. The molecule has 0 aliphatic rings. The van der Waals surface area contributed by atoms with Gasteiger partial charge >= 0.3 is 0 Å². The van der Waals surface area contributed by atoms with Crippen LogP contribution in [0.1, 0.15) is 19.8 Å². The summed E-state index contributed by atoms with van der Waals surface area (Å²) < 4.78 is 46.4. The van der Waals surface area contributed by atoms with Gasteiger partial charge in [-0.2, -0.15) is 0 Å². The Morgan fingerprint density at radius 1 is 1.26 bits per heavy atom. The number of sulfone groups is 1. The second-order valence-electron chi connectivity index (χ2n) is 4.04. The third kappa shape index (κ3) is 3.68. The minimum Gasteiger partial charge on any atom is -0.398 e. The van der Waals surface area contributed by atoms with Crippen molar-refractivity contribution in [1.82, 2.24) is 0 Å². The first kappa shape index (κ1) is 16.4. The Balaban J connectivity index is 3.39. The van der Waals surface area contributed by atoms with E-state index in [1.807, 2.05) is 0 Å². The molecule has 9 heteroatoms. The third-order valence-electron chi connectivity index (χ3n) is 2.53. The zero-order valence-corrected chi connectivity index (χ0v) is 13.4. The Hall–Kier alpha value is -0.640. The van der Waals surface area contributed by atoms with Crippen LogP contribution in [0.2, 0.25) is 0 Å². The molecule has 0 radical (unpaired) electrons.